The van der Waals surface area contributed by atoms with Gasteiger partial charge in [0.15, 0.2) is 5.13 Å². The molecule has 126 valence electrons. The van der Waals surface area contributed by atoms with Crippen LogP contribution in [0.3, 0.4) is 0 Å². The van der Waals surface area contributed by atoms with Gasteiger partial charge >= 0.3 is 5.97 Å². The summed E-state index contributed by atoms with van der Waals surface area (Å²) in [4.78, 5) is 32.8. The molecule has 4 rings (SSSR count). The zero-order valence-corrected chi connectivity index (χ0v) is 14.3. The van der Waals surface area contributed by atoms with Crippen molar-refractivity contribution in [3.8, 4) is 11.3 Å². The number of carbonyl (C=O) groups is 2. The van der Waals surface area contributed by atoms with Crippen molar-refractivity contribution in [2.24, 2.45) is 5.92 Å². The number of aromatic nitrogens is 2. The number of anilines is 1. The lowest BCUT2D eigenvalue weighted by Crippen LogP contribution is -2.12. The first-order valence-electron chi connectivity index (χ1n) is 7.94. The Kier molecular flexibility index (Phi) is 3.73. The number of hydrogen-bond acceptors (Lipinski definition) is 5. The standard InChI is InChI=1S/C18H15N3O3S/c1-9-2-3-11(17(23)24)8-12(9)13-6-7-14-16(19-13)25-18(20-14)21-15(22)10-4-5-10/h2-3,6-8,10H,4-5H2,1H3,(H,23,24)(H,20,21,22). The van der Waals surface area contributed by atoms with Crippen LogP contribution in [0, 0.1) is 12.8 Å². The van der Waals surface area contributed by atoms with Gasteiger partial charge in [0.05, 0.1) is 11.3 Å². The van der Waals surface area contributed by atoms with Gasteiger partial charge in [0.25, 0.3) is 0 Å². The van der Waals surface area contributed by atoms with Crippen LogP contribution >= 0.6 is 11.3 Å². The molecule has 2 aromatic heterocycles. The molecular weight excluding hydrogens is 338 g/mol. The third kappa shape index (κ3) is 3.10. The van der Waals surface area contributed by atoms with Crippen LogP contribution in [0.15, 0.2) is 30.3 Å². The van der Waals surface area contributed by atoms with Gasteiger partial charge in [-0.3, -0.25) is 4.79 Å². The second-order valence-corrected chi connectivity index (χ2v) is 7.12. The molecule has 1 amide bonds. The average molecular weight is 353 g/mol. The number of nitrogens with one attached hydrogen (secondary N) is 1. The smallest absolute Gasteiger partial charge is 0.335 e. The fourth-order valence-corrected chi connectivity index (χ4v) is 3.45. The minimum atomic E-state index is -0.967. The molecule has 0 aliphatic heterocycles. The number of aryl methyl sites for hydroxylation is 1. The van der Waals surface area contributed by atoms with Crippen molar-refractivity contribution >= 4 is 38.7 Å². The van der Waals surface area contributed by atoms with Crippen molar-refractivity contribution in [1.82, 2.24) is 9.97 Å². The highest BCUT2D eigenvalue weighted by molar-refractivity contribution is 7.22. The van der Waals surface area contributed by atoms with Crippen LogP contribution < -0.4 is 5.32 Å². The van der Waals surface area contributed by atoms with Gasteiger partial charge in [-0.2, -0.15) is 0 Å². The van der Waals surface area contributed by atoms with E-state index in [1.807, 2.05) is 19.1 Å². The van der Waals surface area contributed by atoms with Crippen molar-refractivity contribution < 1.29 is 14.7 Å². The van der Waals surface area contributed by atoms with Crippen LogP contribution in [0.2, 0.25) is 0 Å². The molecule has 2 heterocycles. The van der Waals surface area contributed by atoms with E-state index in [4.69, 9.17) is 0 Å². The molecule has 0 radical (unpaired) electrons. The first-order chi connectivity index (χ1) is 12.0. The Hall–Kier alpha value is -2.80. The molecule has 1 aliphatic rings. The maximum atomic E-state index is 11.9. The number of benzene rings is 1. The predicted molar refractivity (Wildman–Crippen MR) is 95.9 cm³/mol. The van der Waals surface area contributed by atoms with E-state index in [9.17, 15) is 14.7 Å². The largest absolute Gasteiger partial charge is 0.478 e. The zero-order valence-electron chi connectivity index (χ0n) is 13.4. The van der Waals surface area contributed by atoms with Gasteiger partial charge in [0.1, 0.15) is 10.3 Å². The van der Waals surface area contributed by atoms with Crippen molar-refractivity contribution in [2.75, 3.05) is 5.32 Å². The van der Waals surface area contributed by atoms with Crippen LogP contribution in [0.4, 0.5) is 5.13 Å². The van der Waals surface area contributed by atoms with Gasteiger partial charge in [0, 0.05) is 11.5 Å². The maximum absolute atomic E-state index is 11.9. The number of amides is 1. The van der Waals surface area contributed by atoms with Gasteiger partial charge in [-0.1, -0.05) is 17.4 Å². The number of hydrogen-bond donors (Lipinski definition) is 2. The fourth-order valence-electron chi connectivity index (χ4n) is 2.60. The number of carbonyl (C=O) groups excluding carboxylic acids is 1. The van der Waals surface area contributed by atoms with Gasteiger partial charge in [-0.15, -0.1) is 0 Å². The molecule has 0 bridgehead atoms. The minimum absolute atomic E-state index is 0.0179. The van der Waals surface area contributed by atoms with Gasteiger partial charge < -0.3 is 10.4 Å². The second kappa shape index (κ2) is 5.93. The molecule has 1 aliphatic carbocycles. The lowest BCUT2D eigenvalue weighted by Gasteiger charge is -2.06. The number of nitrogens with zero attached hydrogens (tertiary/aromatic N) is 2. The highest BCUT2D eigenvalue weighted by Gasteiger charge is 2.30. The number of carboxylic acids is 1. The summed E-state index contributed by atoms with van der Waals surface area (Å²) in [5, 5.41) is 12.6. The van der Waals surface area contributed by atoms with E-state index in [1.165, 1.54) is 11.3 Å². The monoisotopic (exact) mass is 353 g/mol. The van der Waals surface area contributed by atoms with Crippen molar-refractivity contribution in [2.45, 2.75) is 19.8 Å². The van der Waals surface area contributed by atoms with E-state index in [1.54, 1.807) is 18.2 Å². The Bertz CT molecular complexity index is 1010. The second-order valence-electron chi connectivity index (χ2n) is 6.14. The third-order valence-electron chi connectivity index (χ3n) is 4.19. The lowest BCUT2D eigenvalue weighted by atomic mass is 10.0. The third-order valence-corrected chi connectivity index (χ3v) is 5.07. The molecular formula is C18H15N3O3S. The number of thiazole rings is 1. The maximum Gasteiger partial charge on any atom is 0.335 e. The summed E-state index contributed by atoms with van der Waals surface area (Å²) in [6, 6.07) is 8.65. The molecule has 3 aromatic rings. The van der Waals surface area contributed by atoms with E-state index < -0.39 is 5.97 Å². The lowest BCUT2D eigenvalue weighted by molar-refractivity contribution is -0.117. The molecule has 7 heteroatoms. The van der Waals surface area contributed by atoms with E-state index in [0.29, 0.717) is 21.2 Å². The highest BCUT2D eigenvalue weighted by atomic mass is 32.1. The Labute approximate surface area is 147 Å². The number of rotatable bonds is 4. The summed E-state index contributed by atoms with van der Waals surface area (Å²) in [7, 11) is 0. The molecule has 25 heavy (non-hydrogen) atoms. The van der Waals surface area contributed by atoms with Gasteiger partial charge in [0.2, 0.25) is 5.91 Å². The summed E-state index contributed by atoms with van der Waals surface area (Å²) < 4.78 is 0. The molecule has 1 fully saturated rings. The molecule has 0 atom stereocenters. The van der Waals surface area contributed by atoms with E-state index in [-0.39, 0.29) is 17.4 Å². The Morgan fingerprint density at radius 2 is 2.00 bits per heavy atom. The molecule has 1 saturated carbocycles. The summed E-state index contributed by atoms with van der Waals surface area (Å²) >= 11 is 1.33. The number of aromatic carboxylic acids is 1. The Balaban J connectivity index is 1.70. The summed E-state index contributed by atoms with van der Waals surface area (Å²) in [5.74, 6) is -0.827. The molecule has 6 nitrogen and oxygen atoms in total. The normalized spacial score (nSPS) is 13.8. The van der Waals surface area contributed by atoms with E-state index in [2.05, 4.69) is 15.3 Å². The average Bonchev–Trinajstić information content (AvgIpc) is 3.35. The van der Waals surface area contributed by atoms with Crippen molar-refractivity contribution in [3.05, 3.63) is 41.5 Å². The quantitative estimate of drug-likeness (QED) is 0.746. The highest BCUT2D eigenvalue weighted by Crippen LogP contribution is 2.33. The summed E-state index contributed by atoms with van der Waals surface area (Å²) in [5.41, 5.74) is 3.36. The van der Waals surface area contributed by atoms with Crippen LogP contribution in [-0.2, 0) is 4.79 Å². The number of fused-ring (bicyclic) bond motifs is 1. The van der Waals surface area contributed by atoms with Gasteiger partial charge in [-0.25, -0.2) is 14.8 Å². The van der Waals surface area contributed by atoms with Crippen LogP contribution in [0.5, 0.6) is 0 Å². The molecule has 0 spiro atoms. The molecule has 2 N–H and O–H groups in total. The van der Waals surface area contributed by atoms with Crippen molar-refractivity contribution in [1.29, 1.82) is 0 Å². The number of carboxylic acid groups (broad SMARTS) is 1. The molecule has 0 saturated heterocycles. The first kappa shape index (κ1) is 15.7. The Morgan fingerprint density at radius 1 is 1.20 bits per heavy atom. The fraction of sp³-hybridized carbons (Fsp3) is 0.222. The predicted octanol–water partition coefficient (Wildman–Crippen LogP) is 3.71. The summed E-state index contributed by atoms with van der Waals surface area (Å²) in [6.07, 6.45) is 1.89. The van der Waals surface area contributed by atoms with E-state index in [0.717, 1.165) is 24.0 Å². The van der Waals surface area contributed by atoms with Gasteiger partial charge in [-0.05, 0) is 49.6 Å². The SMILES string of the molecule is Cc1ccc(C(=O)O)cc1-c1ccc2nc(NC(=O)C3CC3)sc2n1. The van der Waals surface area contributed by atoms with E-state index >= 15 is 0 Å². The van der Waals surface area contributed by atoms with Crippen molar-refractivity contribution in [3.63, 3.8) is 0 Å². The molecule has 1 aromatic carbocycles. The number of pyridine rings is 1. The topological polar surface area (TPSA) is 92.2 Å². The van der Waals surface area contributed by atoms with Crippen LogP contribution in [0.1, 0.15) is 28.8 Å². The zero-order chi connectivity index (χ0) is 17.6. The van der Waals surface area contributed by atoms with Crippen LogP contribution in [-0.4, -0.2) is 27.0 Å². The Morgan fingerprint density at radius 3 is 2.72 bits per heavy atom. The van der Waals surface area contributed by atoms with Crippen LogP contribution in [0.25, 0.3) is 21.6 Å². The minimum Gasteiger partial charge on any atom is -0.478 e. The molecule has 0 unspecified atom stereocenters. The first-order valence-corrected chi connectivity index (χ1v) is 8.75. The summed E-state index contributed by atoms with van der Waals surface area (Å²) in [6.45, 7) is 1.92.